The van der Waals surface area contributed by atoms with Crippen LogP contribution in [0.5, 0.6) is 11.5 Å². The van der Waals surface area contributed by atoms with Crippen molar-refractivity contribution < 1.29 is 14.3 Å². The second-order valence-electron chi connectivity index (χ2n) is 14.4. The van der Waals surface area contributed by atoms with E-state index in [4.69, 9.17) is 4.74 Å². The van der Waals surface area contributed by atoms with Gasteiger partial charge in [-0.3, -0.25) is 4.98 Å². The van der Waals surface area contributed by atoms with E-state index in [1.54, 1.807) is 12.1 Å². The van der Waals surface area contributed by atoms with Crippen molar-refractivity contribution in [3.63, 3.8) is 0 Å². The molecule has 4 aromatic carbocycles. The van der Waals surface area contributed by atoms with Crippen molar-refractivity contribution in [2.75, 3.05) is 13.1 Å². The number of aromatic nitrogens is 1. The maximum absolute atomic E-state index is 12.4. The maximum Gasteiger partial charge on any atom is 0.135 e. The average Bonchev–Trinajstić information content (AvgIpc) is 3.06. The number of ether oxygens (including phenoxy) is 1. The van der Waals surface area contributed by atoms with Gasteiger partial charge < -0.3 is 14.3 Å². The molecule has 4 atom stereocenters. The van der Waals surface area contributed by atoms with E-state index in [0.29, 0.717) is 17.9 Å². The molecule has 3 aliphatic rings. The molecule has 234 valence electrons. The molecule has 0 amide bonds. The Morgan fingerprint density at radius 2 is 1.59 bits per heavy atom. The molecule has 0 spiro atoms. The van der Waals surface area contributed by atoms with Crippen molar-refractivity contribution in [2.24, 2.45) is 11.8 Å². The maximum atomic E-state index is 12.4. The Morgan fingerprint density at radius 3 is 2.22 bits per heavy atom. The monoisotopic (exact) mass is 608 g/mol. The minimum absolute atomic E-state index is 0.0438. The third-order valence-electron chi connectivity index (χ3n) is 10.3. The Bertz CT molecular complexity index is 1800. The van der Waals surface area contributed by atoms with Crippen LogP contribution in [-0.4, -0.2) is 34.2 Å². The Morgan fingerprint density at radius 1 is 0.913 bits per heavy atom. The lowest BCUT2D eigenvalue weighted by Gasteiger charge is -2.57. The van der Waals surface area contributed by atoms with Crippen LogP contribution in [0, 0.1) is 11.8 Å². The van der Waals surface area contributed by atoms with E-state index < -0.39 is 0 Å². The highest BCUT2D eigenvalue weighted by Crippen LogP contribution is 2.47. The number of quaternary nitrogens is 1. The minimum Gasteiger partial charge on any atom is -0.872 e. The zero-order valence-electron chi connectivity index (χ0n) is 27.3. The van der Waals surface area contributed by atoms with Gasteiger partial charge in [0.25, 0.3) is 0 Å². The summed E-state index contributed by atoms with van der Waals surface area (Å²) in [6.45, 7) is 13.8. The number of fused-ring (bicyclic) bond motifs is 4. The van der Waals surface area contributed by atoms with Gasteiger partial charge in [0.2, 0.25) is 0 Å². The molecular formula is C42H44N2O2. The quantitative estimate of drug-likeness (QED) is 0.130. The summed E-state index contributed by atoms with van der Waals surface area (Å²) in [5, 5.41) is 13.4. The van der Waals surface area contributed by atoms with Crippen molar-refractivity contribution in [2.45, 2.75) is 58.2 Å². The van der Waals surface area contributed by atoms with Crippen molar-refractivity contribution in [3.05, 3.63) is 127 Å². The SMILES string of the molecule is C=CC1C[N+]2(Cc3cc(-c4ccccc4)c(OC(C)(C)C)c(-c4ccccc4)c3)CCC1CC2Cc1ccnc2ccc([O-])cc12. The first kappa shape index (κ1) is 30.3. The van der Waals surface area contributed by atoms with Crippen LogP contribution >= 0.6 is 0 Å². The molecule has 0 aliphatic carbocycles. The first-order chi connectivity index (χ1) is 22.2. The van der Waals surface area contributed by atoms with Gasteiger partial charge in [-0.25, -0.2) is 0 Å². The summed E-state index contributed by atoms with van der Waals surface area (Å²) < 4.78 is 7.84. The molecule has 46 heavy (non-hydrogen) atoms. The molecule has 3 fully saturated rings. The molecule has 4 heterocycles. The molecule has 0 N–H and O–H groups in total. The Balaban J connectivity index is 1.36. The molecule has 1 aromatic heterocycles. The standard InChI is InChI=1S/C42H44N2O2/c1-5-30-28-44(21-19-33(30)24-35(44)25-34-18-20-43-40-17-16-36(45)26-37(34)40)27-29-22-38(31-12-8-6-9-13-31)41(46-42(2,3)4)39(23-29)32-14-10-7-11-15-32/h5-18,20,22-23,26,30,33,35H,1,19,21,24-25,27-28H2,2-4H3. The van der Waals surface area contributed by atoms with Gasteiger partial charge in [0, 0.05) is 53.5 Å². The topological polar surface area (TPSA) is 45.2 Å². The van der Waals surface area contributed by atoms with Crippen LogP contribution in [0.4, 0.5) is 0 Å². The highest BCUT2D eigenvalue weighted by Gasteiger charge is 2.51. The summed E-state index contributed by atoms with van der Waals surface area (Å²) in [5.41, 5.74) is 7.70. The zero-order chi connectivity index (χ0) is 31.9. The number of pyridine rings is 1. The molecular weight excluding hydrogens is 564 g/mol. The van der Waals surface area contributed by atoms with Gasteiger partial charge in [0.1, 0.15) is 17.9 Å². The lowest BCUT2D eigenvalue weighted by molar-refractivity contribution is -0.981. The van der Waals surface area contributed by atoms with Crippen molar-refractivity contribution in [1.82, 2.24) is 4.98 Å². The van der Waals surface area contributed by atoms with Gasteiger partial charge in [0.15, 0.2) is 0 Å². The summed E-state index contributed by atoms with van der Waals surface area (Å²) in [6, 6.07) is 34.0. The van der Waals surface area contributed by atoms with E-state index >= 15 is 0 Å². The van der Waals surface area contributed by atoms with Gasteiger partial charge in [-0.2, -0.15) is 0 Å². The largest absolute Gasteiger partial charge is 0.872 e. The minimum atomic E-state index is -0.357. The summed E-state index contributed by atoms with van der Waals surface area (Å²) in [5.74, 6) is 2.15. The smallest absolute Gasteiger partial charge is 0.135 e. The Kier molecular flexibility index (Phi) is 7.94. The summed E-state index contributed by atoms with van der Waals surface area (Å²) in [4.78, 5) is 4.58. The molecule has 5 aromatic rings. The number of piperidine rings is 3. The van der Waals surface area contributed by atoms with Gasteiger partial charge in [-0.15, -0.1) is 12.3 Å². The van der Waals surface area contributed by atoms with E-state index in [2.05, 4.69) is 117 Å². The van der Waals surface area contributed by atoms with Crippen LogP contribution in [0.25, 0.3) is 33.2 Å². The molecule has 4 heteroatoms. The normalized spacial score (nSPS) is 22.5. The fraction of sp³-hybridized carbons (Fsp3) is 0.310. The first-order valence-corrected chi connectivity index (χ1v) is 16.7. The second-order valence-corrected chi connectivity index (χ2v) is 14.4. The predicted octanol–water partition coefficient (Wildman–Crippen LogP) is 8.97. The van der Waals surface area contributed by atoms with Crippen LogP contribution in [0.15, 0.2) is 116 Å². The van der Waals surface area contributed by atoms with Gasteiger partial charge >= 0.3 is 0 Å². The van der Waals surface area contributed by atoms with E-state index in [1.807, 2.05) is 12.3 Å². The Labute approximate surface area is 273 Å². The summed E-state index contributed by atoms with van der Waals surface area (Å²) in [6.07, 6.45) is 7.44. The van der Waals surface area contributed by atoms with Crippen molar-refractivity contribution in [1.29, 1.82) is 0 Å². The van der Waals surface area contributed by atoms with Crippen LogP contribution in [0.2, 0.25) is 0 Å². The molecule has 8 rings (SSSR count). The zero-order valence-corrected chi connectivity index (χ0v) is 27.3. The molecule has 3 saturated heterocycles. The molecule has 4 unspecified atom stereocenters. The summed E-state index contributed by atoms with van der Waals surface area (Å²) in [7, 11) is 0. The van der Waals surface area contributed by atoms with E-state index in [9.17, 15) is 5.11 Å². The number of benzene rings is 4. The van der Waals surface area contributed by atoms with E-state index in [0.717, 1.165) is 69.4 Å². The highest BCUT2D eigenvalue weighted by molar-refractivity contribution is 5.84. The van der Waals surface area contributed by atoms with Crippen molar-refractivity contribution in [3.8, 4) is 33.8 Å². The van der Waals surface area contributed by atoms with Crippen molar-refractivity contribution >= 4 is 10.9 Å². The van der Waals surface area contributed by atoms with Crippen LogP contribution < -0.4 is 9.84 Å². The Hall–Kier alpha value is -4.41. The fourth-order valence-corrected chi connectivity index (χ4v) is 8.15. The van der Waals surface area contributed by atoms with Gasteiger partial charge in [-0.1, -0.05) is 78.9 Å². The highest BCUT2D eigenvalue weighted by atomic mass is 16.5. The molecule has 2 bridgehead atoms. The van der Waals surface area contributed by atoms with Gasteiger partial charge in [-0.05, 0) is 67.6 Å². The van der Waals surface area contributed by atoms with E-state index in [1.165, 1.54) is 24.0 Å². The predicted molar refractivity (Wildman–Crippen MR) is 186 cm³/mol. The number of hydrogen-bond acceptors (Lipinski definition) is 3. The average molecular weight is 609 g/mol. The number of nitrogens with zero attached hydrogens (tertiary/aromatic N) is 2. The third-order valence-corrected chi connectivity index (χ3v) is 10.3. The molecule has 3 aliphatic heterocycles. The lowest BCUT2D eigenvalue weighted by Crippen LogP contribution is -2.66. The number of rotatable bonds is 8. The first-order valence-electron chi connectivity index (χ1n) is 16.7. The number of hydrogen-bond donors (Lipinski definition) is 0. The lowest BCUT2D eigenvalue weighted by atomic mass is 9.71. The molecule has 4 nitrogen and oxygen atoms in total. The molecule has 0 saturated carbocycles. The van der Waals surface area contributed by atoms with Crippen LogP contribution in [0.3, 0.4) is 0 Å². The summed E-state index contributed by atoms with van der Waals surface area (Å²) >= 11 is 0. The molecule has 0 radical (unpaired) electrons. The van der Waals surface area contributed by atoms with Gasteiger partial charge in [0.05, 0.1) is 24.6 Å². The van der Waals surface area contributed by atoms with Crippen LogP contribution in [0.1, 0.15) is 44.7 Å². The van der Waals surface area contributed by atoms with E-state index in [-0.39, 0.29) is 11.4 Å². The fourth-order valence-electron chi connectivity index (χ4n) is 8.15. The second kappa shape index (κ2) is 12.1. The van der Waals surface area contributed by atoms with Crippen LogP contribution in [-0.2, 0) is 13.0 Å². The third kappa shape index (κ3) is 5.94.